The highest BCUT2D eigenvalue weighted by atomic mass is 15.0. The van der Waals surface area contributed by atoms with Crippen LogP contribution in [-0.2, 0) is 12.6 Å². The fraction of sp³-hybridized carbons (Fsp3) is 0.600. The summed E-state index contributed by atoms with van der Waals surface area (Å²) in [4.78, 5) is 0. The topological polar surface area (TPSA) is 30.9 Å². The molecular formula is C10H16N2. The highest BCUT2D eigenvalue weighted by Crippen LogP contribution is 2.35. The van der Waals surface area contributed by atoms with Crippen LogP contribution >= 0.6 is 0 Å². The molecule has 12 heavy (non-hydrogen) atoms. The van der Waals surface area contributed by atoms with Crippen molar-refractivity contribution in [3.8, 4) is 0 Å². The third-order valence-corrected chi connectivity index (χ3v) is 2.95. The number of hydrogen-bond donors (Lipinski definition) is 1. The van der Waals surface area contributed by atoms with E-state index in [0.717, 1.165) is 12.8 Å². The molecule has 1 fully saturated rings. The van der Waals surface area contributed by atoms with Crippen molar-refractivity contribution in [1.29, 1.82) is 0 Å². The summed E-state index contributed by atoms with van der Waals surface area (Å²) < 4.78 is 2.14. The molecular weight excluding hydrogens is 148 g/mol. The molecule has 0 amide bonds. The Morgan fingerprint density at radius 3 is 2.58 bits per heavy atom. The first-order valence-electron chi connectivity index (χ1n) is 4.63. The lowest BCUT2D eigenvalue weighted by Crippen LogP contribution is -2.34. The van der Waals surface area contributed by atoms with Crippen LogP contribution in [0.25, 0.3) is 0 Å². The average molecular weight is 164 g/mol. The van der Waals surface area contributed by atoms with E-state index in [-0.39, 0.29) is 5.54 Å². The Balaban J connectivity index is 2.34. The smallest absolute Gasteiger partial charge is 0.0563 e. The van der Waals surface area contributed by atoms with Crippen LogP contribution in [0, 0.1) is 0 Å². The van der Waals surface area contributed by atoms with Gasteiger partial charge in [0, 0.05) is 18.9 Å². The van der Waals surface area contributed by atoms with E-state index in [9.17, 15) is 0 Å². The monoisotopic (exact) mass is 164 g/mol. The lowest BCUT2D eigenvalue weighted by molar-refractivity contribution is 0.433. The van der Waals surface area contributed by atoms with Crippen molar-refractivity contribution >= 4 is 0 Å². The van der Waals surface area contributed by atoms with Gasteiger partial charge in [-0.2, -0.15) is 0 Å². The molecule has 0 aromatic carbocycles. The zero-order valence-electron chi connectivity index (χ0n) is 7.59. The third-order valence-electron chi connectivity index (χ3n) is 2.95. The molecule has 1 aliphatic carbocycles. The summed E-state index contributed by atoms with van der Waals surface area (Å²) in [6.45, 7) is 0. The molecule has 0 bridgehead atoms. The van der Waals surface area contributed by atoms with Gasteiger partial charge in [0.15, 0.2) is 0 Å². The zero-order chi connectivity index (χ0) is 8.60. The van der Waals surface area contributed by atoms with E-state index in [4.69, 9.17) is 5.73 Å². The van der Waals surface area contributed by atoms with Crippen LogP contribution in [0.1, 0.15) is 31.4 Å². The van der Waals surface area contributed by atoms with Crippen molar-refractivity contribution in [2.24, 2.45) is 12.8 Å². The molecule has 2 heteroatoms. The van der Waals surface area contributed by atoms with E-state index in [1.54, 1.807) is 0 Å². The molecule has 0 saturated heterocycles. The van der Waals surface area contributed by atoms with Crippen LogP contribution < -0.4 is 5.73 Å². The lowest BCUT2D eigenvalue weighted by Gasteiger charge is -2.24. The second-order valence-corrected chi connectivity index (χ2v) is 3.87. The van der Waals surface area contributed by atoms with Gasteiger partial charge in [-0.05, 0) is 25.0 Å². The number of nitrogens with zero attached hydrogens (tertiary/aromatic N) is 1. The van der Waals surface area contributed by atoms with Crippen LogP contribution in [0.5, 0.6) is 0 Å². The molecule has 1 aromatic heterocycles. The van der Waals surface area contributed by atoms with Gasteiger partial charge in [-0.3, -0.25) is 0 Å². The van der Waals surface area contributed by atoms with Gasteiger partial charge in [-0.1, -0.05) is 12.8 Å². The Labute approximate surface area is 73.4 Å². The standard InChI is InChI=1S/C10H16N2/c1-12-8-4-5-9(12)10(11)6-2-3-7-10/h4-5,8H,2-3,6-7,11H2,1H3. The van der Waals surface area contributed by atoms with Gasteiger partial charge >= 0.3 is 0 Å². The lowest BCUT2D eigenvalue weighted by atomic mass is 9.95. The minimum absolute atomic E-state index is 0.0295. The van der Waals surface area contributed by atoms with Crippen molar-refractivity contribution in [2.75, 3.05) is 0 Å². The summed E-state index contributed by atoms with van der Waals surface area (Å²) in [6, 6.07) is 4.22. The Morgan fingerprint density at radius 1 is 1.42 bits per heavy atom. The molecule has 0 aliphatic heterocycles. The Hall–Kier alpha value is -0.760. The second kappa shape index (κ2) is 2.63. The fourth-order valence-corrected chi connectivity index (χ4v) is 2.24. The predicted molar refractivity (Wildman–Crippen MR) is 49.7 cm³/mol. The summed E-state index contributed by atoms with van der Waals surface area (Å²) in [5.74, 6) is 0. The molecule has 66 valence electrons. The molecule has 1 aromatic rings. The van der Waals surface area contributed by atoms with Gasteiger partial charge in [-0.25, -0.2) is 0 Å². The molecule has 0 radical (unpaired) electrons. The Kier molecular flexibility index (Phi) is 1.72. The van der Waals surface area contributed by atoms with E-state index in [1.807, 2.05) is 0 Å². The minimum atomic E-state index is -0.0295. The maximum absolute atomic E-state index is 6.30. The molecule has 2 rings (SSSR count). The van der Waals surface area contributed by atoms with Gasteiger partial charge < -0.3 is 10.3 Å². The number of aryl methyl sites for hydroxylation is 1. The first-order chi connectivity index (χ1) is 5.72. The molecule has 2 nitrogen and oxygen atoms in total. The third kappa shape index (κ3) is 1.07. The highest BCUT2D eigenvalue weighted by Gasteiger charge is 2.32. The summed E-state index contributed by atoms with van der Waals surface area (Å²) in [6.07, 6.45) is 6.92. The summed E-state index contributed by atoms with van der Waals surface area (Å²) >= 11 is 0. The average Bonchev–Trinajstić information content (AvgIpc) is 2.59. The molecule has 0 spiro atoms. The van der Waals surface area contributed by atoms with Gasteiger partial charge in [0.25, 0.3) is 0 Å². The summed E-state index contributed by atoms with van der Waals surface area (Å²) in [7, 11) is 2.07. The maximum Gasteiger partial charge on any atom is 0.0563 e. The van der Waals surface area contributed by atoms with E-state index in [0.29, 0.717) is 0 Å². The molecule has 1 heterocycles. The first-order valence-corrected chi connectivity index (χ1v) is 4.63. The second-order valence-electron chi connectivity index (χ2n) is 3.87. The SMILES string of the molecule is Cn1cccc1C1(N)CCCC1. The number of rotatable bonds is 1. The predicted octanol–water partition coefficient (Wildman–Crippen LogP) is 1.75. The Morgan fingerprint density at radius 2 is 2.08 bits per heavy atom. The molecule has 0 atom stereocenters. The van der Waals surface area contributed by atoms with Crippen LogP contribution in [-0.4, -0.2) is 4.57 Å². The fourth-order valence-electron chi connectivity index (χ4n) is 2.24. The van der Waals surface area contributed by atoms with Crippen LogP contribution in [0.3, 0.4) is 0 Å². The summed E-state index contributed by atoms with van der Waals surface area (Å²) in [5, 5.41) is 0. The molecule has 2 N–H and O–H groups in total. The van der Waals surface area contributed by atoms with Crippen molar-refractivity contribution in [1.82, 2.24) is 4.57 Å². The Bertz CT molecular complexity index is 269. The maximum atomic E-state index is 6.30. The van der Waals surface area contributed by atoms with E-state index >= 15 is 0 Å². The number of nitrogens with two attached hydrogens (primary N) is 1. The van der Waals surface area contributed by atoms with Crippen molar-refractivity contribution in [2.45, 2.75) is 31.2 Å². The van der Waals surface area contributed by atoms with Gasteiger partial charge in [0.1, 0.15) is 0 Å². The first kappa shape index (κ1) is 7.87. The van der Waals surface area contributed by atoms with Gasteiger partial charge in [0.2, 0.25) is 0 Å². The van der Waals surface area contributed by atoms with E-state index in [1.165, 1.54) is 18.5 Å². The van der Waals surface area contributed by atoms with Crippen LogP contribution in [0.2, 0.25) is 0 Å². The summed E-state index contributed by atoms with van der Waals surface area (Å²) in [5.41, 5.74) is 7.57. The quantitative estimate of drug-likeness (QED) is 0.673. The van der Waals surface area contributed by atoms with Crippen molar-refractivity contribution < 1.29 is 0 Å². The zero-order valence-corrected chi connectivity index (χ0v) is 7.59. The van der Waals surface area contributed by atoms with Gasteiger partial charge in [0.05, 0.1) is 5.54 Å². The highest BCUT2D eigenvalue weighted by molar-refractivity contribution is 5.18. The van der Waals surface area contributed by atoms with Crippen molar-refractivity contribution in [3.63, 3.8) is 0 Å². The van der Waals surface area contributed by atoms with E-state index < -0.39 is 0 Å². The van der Waals surface area contributed by atoms with Crippen LogP contribution in [0.15, 0.2) is 18.3 Å². The minimum Gasteiger partial charge on any atom is -0.353 e. The normalized spacial score (nSPS) is 21.5. The van der Waals surface area contributed by atoms with Gasteiger partial charge in [-0.15, -0.1) is 0 Å². The molecule has 0 unspecified atom stereocenters. The van der Waals surface area contributed by atoms with E-state index in [2.05, 4.69) is 29.9 Å². The van der Waals surface area contributed by atoms with Crippen molar-refractivity contribution in [3.05, 3.63) is 24.0 Å². The number of aromatic nitrogens is 1. The largest absolute Gasteiger partial charge is 0.353 e. The molecule has 1 saturated carbocycles. The van der Waals surface area contributed by atoms with Crippen LogP contribution in [0.4, 0.5) is 0 Å². The number of hydrogen-bond acceptors (Lipinski definition) is 1. The molecule has 1 aliphatic rings.